The summed E-state index contributed by atoms with van der Waals surface area (Å²) in [7, 11) is 0. The molecule has 2 saturated heterocycles. The zero-order valence-electron chi connectivity index (χ0n) is 22.4. The second-order valence-electron chi connectivity index (χ2n) is 10.3. The Morgan fingerprint density at radius 2 is 1.97 bits per heavy atom. The number of aromatic nitrogens is 3. The zero-order valence-corrected chi connectivity index (χ0v) is 22.4. The van der Waals surface area contributed by atoms with Gasteiger partial charge in [-0.2, -0.15) is 5.10 Å². The summed E-state index contributed by atoms with van der Waals surface area (Å²) >= 11 is 0. The lowest BCUT2D eigenvalue weighted by Gasteiger charge is -2.37. The number of carbonyl (C=O) groups excluding carboxylic acids is 1. The minimum Gasteiger partial charge on any atom is -0.507 e. The Kier molecular flexibility index (Phi) is 7.71. The van der Waals surface area contributed by atoms with Crippen LogP contribution in [0.2, 0.25) is 0 Å². The van der Waals surface area contributed by atoms with Crippen LogP contribution in [0.25, 0.3) is 10.9 Å². The van der Waals surface area contributed by atoms with Gasteiger partial charge in [0.05, 0.1) is 36.1 Å². The molecule has 2 aromatic heterocycles. The van der Waals surface area contributed by atoms with Crippen molar-refractivity contribution >= 4 is 22.5 Å². The highest BCUT2D eigenvalue weighted by atomic mass is 16.5. The van der Waals surface area contributed by atoms with Gasteiger partial charge in [-0.3, -0.25) is 14.3 Å². The van der Waals surface area contributed by atoms with Gasteiger partial charge >= 0.3 is 0 Å². The molecule has 0 bridgehead atoms. The molecule has 10 nitrogen and oxygen atoms in total. The molecule has 4 heterocycles. The van der Waals surface area contributed by atoms with Crippen molar-refractivity contribution in [2.24, 2.45) is 5.92 Å². The fourth-order valence-electron chi connectivity index (χ4n) is 5.76. The Hall–Kier alpha value is -3.37. The van der Waals surface area contributed by atoms with Crippen LogP contribution in [-0.2, 0) is 22.6 Å². The first-order chi connectivity index (χ1) is 18.4. The molecule has 2 aliphatic rings. The molecule has 5 rings (SSSR count). The number of pyridine rings is 1. The minimum absolute atomic E-state index is 0.0801. The SMILES string of the molecule is CCN(c1c(C)c(C(=O)NCc2c(O)cc(C)[nH]c2=O)cc2c1cnn2CC1CCOC1)C1CCOCC1. The third kappa shape index (κ3) is 5.15. The number of H-pyrrole nitrogens is 1. The number of ether oxygens (including phenoxy) is 2. The molecule has 10 heteroatoms. The number of aromatic amines is 1. The molecule has 1 aromatic carbocycles. The van der Waals surface area contributed by atoms with E-state index in [1.54, 1.807) is 6.92 Å². The number of anilines is 1. The predicted octanol–water partition coefficient (Wildman–Crippen LogP) is 3.02. The Morgan fingerprint density at radius 3 is 2.66 bits per heavy atom. The lowest BCUT2D eigenvalue weighted by Crippen LogP contribution is -2.40. The minimum atomic E-state index is -0.413. The fourth-order valence-corrected chi connectivity index (χ4v) is 5.76. The average molecular weight is 524 g/mol. The molecule has 2 aliphatic heterocycles. The monoisotopic (exact) mass is 523 g/mol. The lowest BCUT2D eigenvalue weighted by molar-refractivity contribution is 0.0846. The smallest absolute Gasteiger partial charge is 0.256 e. The highest BCUT2D eigenvalue weighted by molar-refractivity contribution is 6.05. The van der Waals surface area contributed by atoms with Crippen molar-refractivity contribution < 1.29 is 19.4 Å². The van der Waals surface area contributed by atoms with Crippen molar-refractivity contribution in [2.75, 3.05) is 37.9 Å². The topological polar surface area (TPSA) is 122 Å². The van der Waals surface area contributed by atoms with Gasteiger partial charge in [0.2, 0.25) is 0 Å². The van der Waals surface area contributed by atoms with Crippen LogP contribution in [0, 0.1) is 19.8 Å². The normalized spacial score (nSPS) is 18.2. The first kappa shape index (κ1) is 26.2. The first-order valence-corrected chi connectivity index (χ1v) is 13.5. The first-order valence-electron chi connectivity index (χ1n) is 13.5. The number of hydrogen-bond acceptors (Lipinski definition) is 7. The molecule has 0 saturated carbocycles. The molecule has 0 aliphatic carbocycles. The number of carbonyl (C=O) groups is 1. The quantitative estimate of drug-likeness (QED) is 0.415. The van der Waals surface area contributed by atoms with Crippen LogP contribution in [0.5, 0.6) is 5.75 Å². The van der Waals surface area contributed by atoms with Crippen LogP contribution in [-0.4, -0.2) is 64.8 Å². The molecule has 204 valence electrons. The van der Waals surface area contributed by atoms with Crippen molar-refractivity contribution in [3.8, 4) is 5.75 Å². The maximum atomic E-state index is 13.6. The molecule has 2 fully saturated rings. The number of benzene rings is 1. The third-order valence-corrected chi connectivity index (χ3v) is 7.81. The zero-order chi connectivity index (χ0) is 26.8. The highest BCUT2D eigenvalue weighted by Crippen LogP contribution is 2.36. The maximum Gasteiger partial charge on any atom is 0.256 e. The highest BCUT2D eigenvalue weighted by Gasteiger charge is 2.28. The molecule has 38 heavy (non-hydrogen) atoms. The summed E-state index contributed by atoms with van der Waals surface area (Å²) in [6.45, 7) is 10.2. The van der Waals surface area contributed by atoms with Crippen LogP contribution >= 0.6 is 0 Å². The molecular formula is C28H37N5O5. The van der Waals surface area contributed by atoms with Gasteiger partial charge in [0.15, 0.2) is 0 Å². The van der Waals surface area contributed by atoms with E-state index in [0.29, 0.717) is 29.8 Å². The number of nitrogens with zero attached hydrogens (tertiary/aromatic N) is 3. The molecule has 1 amide bonds. The number of nitrogens with one attached hydrogen (secondary N) is 2. The summed E-state index contributed by atoms with van der Waals surface area (Å²) in [5, 5.41) is 18.9. The van der Waals surface area contributed by atoms with E-state index in [0.717, 1.165) is 74.3 Å². The molecular weight excluding hydrogens is 486 g/mol. The van der Waals surface area contributed by atoms with Crippen molar-refractivity contribution in [2.45, 2.75) is 59.2 Å². The summed E-state index contributed by atoms with van der Waals surface area (Å²) in [4.78, 5) is 31.0. The van der Waals surface area contributed by atoms with Gasteiger partial charge in [-0.15, -0.1) is 0 Å². The summed E-state index contributed by atoms with van der Waals surface area (Å²) in [6.07, 6.45) is 4.76. The molecule has 0 spiro atoms. The van der Waals surface area contributed by atoms with Crippen LogP contribution in [0.1, 0.15) is 53.4 Å². The number of aromatic hydroxyl groups is 1. The largest absolute Gasteiger partial charge is 0.507 e. The van der Waals surface area contributed by atoms with Gasteiger partial charge in [-0.05, 0) is 57.7 Å². The van der Waals surface area contributed by atoms with Crippen molar-refractivity contribution in [3.05, 3.63) is 51.1 Å². The van der Waals surface area contributed by atoms with E-state index in [2.05, 4.69) is 22.1 Å². The van der Waals surface area contributed by atoms with E-state index in [9.17, 15) is 14.7 Å². The number of rotatable bonds is 8. The summed E-state index contributed by atoms with van der Waals surface area (Å²) < 4.78 is 13.2. The van der Waals surface area contributed by atoms with Crippen LogP contribution < -0.4 is 15.8 Å². The Balaban J connectivity index is 1.54. The van der Waals surface area contributed by atoms with Gasteiger partial charge in [0.25, 0.3) is 11.5 Å². The average Bonchev–Trinajstić information content (AvgIpc) is 3.55. The van der Waals surface area contributed by atoms with Crippen molar-refractivity contribution in [3.63, 3.8) is 0 Å². The Bertz CT molecular complexity index is 1370. The van der Waals surface area contributed by atoms with E-state index in [4.69, 9.17) is 14.6 Å². The molecule has 1 unspecified atom stereocenters. The number of aryl methyl sites for hydroxylation is 1. The van der Waals surface area contributed by atoms with Gasteiger partial charge in [-0.1, -0.05) is 0 Å². The van der Waals surface area contributed by atoms with E-state index >= 15 is 0 Å². The molecule has 1 atom stereocenters. The van der Waals surface area contributed by atoms with Gasteiger partial charge in [0.1, 0.15) is 5.75 Å². The van der Waals surface area contributed by atoms with E-state index in [1.807, 2.05) is 23.9 Å². The Labute approximate surface area is 221 Å². The van der Waals surface area contributed by atoms with E-state index in [1.165, 1.54) is 6.07 Å². The molecule has 3 aromatic rings. The number of hydrogen-bond donors (Lipinski definition) is 3. The summed E-state index contributed by atoms with van der Waals surface area (Å²) in [5.74, 6) is -0.0490. The fraction of sp³-hybridized carbons (Fsp3) is 0.536. The van der Waals surface area contributed by atoms with Gasteiger partial charge in [0, 0.05) is 61.5 Å². The van der Waals surface area contributed by atoms with Gasteiger partial charge in [-0.25, -0.2) is 0 Å². The lowest BCUT2D eigenvalue weighted by atomic mass is 9.98. The van der Waals surface area contributed by atoms with Crippen molar-refractivity contribution in [1.82, 2.24) is 20.1 Å². The Morgan fingerprint density at radius 1 is 1.21 bits per heavy atom. The second kappa shape index (κ2) is 11.2. The van der Waals surface area contributed by atoms with Gasteiger partial charge < -0.3 is 29.8 Å². The van der Waals surface area contributed by atoms with Crippen LogP contribution in [0.15, 0.2) is 23.1 Å². The summed E-state index contributed by atoms with van der Waals surface area (Å²) in [5.41, 5.74) is 3.61. The standard InChI is InChI=1S/C28H37N5O5/c1-4-32(20-6-9-37-10-7-20)26-18(3)21(27(35)29-13-23-25(34)11-17(2)31-28(23)36)12-24-22(26)14-30-33(24)15-19-5-8-38-16-19/h11-12,14,19-20H,4-10,13,15-16H2,1-3H3,(H,29,35)(H2,31,34,36). The van der Waals surface area contributed by atoms with E-state index < -0.39 is 5.56 Å². The number of amides is 1. The van der Waals surface area contributed by atoms with Crippen LogP contribution in [0.3, 0.4) is 0 Å². The summed E-state index contributed by atoms with van der Waals surface area (Å²) in [6, 6.07) is 3.70. The van der Waals surface area contributed by atoms with Crippen molar-refractivity contribution in [1.29, 1.82) is 0 Å². The molecule has 0 radical (unpaired) electrons. The predicted molar refractivity (Wildman–Crippen MR) is 145 cm³/mol. The molecule has 3 N–H and O–H groups in total. The third-order valence-electron chi connectivity index (χ3n) is 7.81. The second-order valence-corrected chi connectivity index (χ2v) is 10.3. The van der Waals surface area contributed by atoms with E-state index in [-0.39, 0.29) is 23.8 Å². The maximum absolute atomic E-state index is 13.6. The number of fused-ring (bicyclic) bond motifs is 1. The van der Waals surface area contributed by atoms with Crippen LogP contribution in [0.4, 0.5) is 5.69 Å².